The lowest BCUT2D eigenvalue weighted by Gasteiger charge is -2.31. The molecule has 3 heterocycles. The van der Waals surface area contributed by atoms with Crippen LogP contribution in [0.25, 0.3) is 0 Å². The standard InChI is InChI=1S/C16H22N4OS2/c1-11-15(23-10-18-11)8-20-5-3-13(4-6-20)7-17-16(21)14-9-22-12(2)19-14/h9-10,13H,3-8H2,1-2H3,(H,17,21). The van der Waals surface area contributed by atoms with Crippen molar-refractivity contribution < 1.29 is 4.79 Å². The largest absolute Gasteiger partial charge is 0.350 e. The molecule has 2 aromatic heterocycles. The first kappa shape index (κ1) is 16.5. The van der Waals surface area contributed by atoms with Gasteiger partial charge >= 0.3 is 0 Å². The molecule has 0 spiro atoms. The van der Waals surface area contributed by atoms with Gasteiger partial charge in [0.05, 0.1) is 16.2 Å². The highest BCUT2D eigenvalue weighted by atomic mass is 32.1. The summed E-state index contributed by atoms with van der Waals surface area (Å²) in [7, 11) is 0. The normalized spacial score (nSPS) is 16.6. The van der Waals surface area contributed by atoms with Crippen LogP contribution in [0, 0.1) is 19.8 Å². The van der Waals surface area contributed by atoms with Gasteiger partial charge in [-0.15, -0.1) is 22.7 Å². The van der Waals surface area contributed by atoms with Crippen molar-refractivity contribution in [3.05, 3.63) is 32.2 Å². The van der Waals surface area contributed by atoms with Crippen LogP contribution in [0.5, 0.6) is 0 Å². The molecular weight excluding hydrogens is 328 g/mol. The second-order valence-corrected chi connectivity index (χ2v) is 8.04. The number of aromatic nitrogens is 2. The van der Waals surface area contributed by atoms with Gasteiger partial charge in [0.1, 0.15) is 5.69 Å². The molecule has 7 heteroatoms. The van der Waals surface area contributed by atoms with E-state index in [-0.39, 0.29) is 5.91 Å². The van der Waals surface area contributed by atoms with Crippen LogP contribution in [0.2, 0.25) is 0 Å². The maximum atomic E-state index is 12.0. The second-order valence-electron chi connectivity index (χ2n) is 6.04. The third-order valence-corrected chi connectivity index (χ3v) is 6.02. The van der Waals surface area contributed by atoms with Crippen molar-refractivity contribution in [3.8, 4) is 0 Å². The Balaban J connectivity index is 1.41. The summed E-state index contributed by atoms with van der Waals surface area (Å²) in [6.45, 7) is 7.94. The van der Waals surface area contributed by atoms with Crippen LogP contribution in [0.1, 0.15) is 38.9 Å². The number of carbonyl (C=O) groups is 1. The summed E-state index contributed by atoms with van der Waals surface area (Å²) in [4.78, 5) is 24.4. The molecule has 1 amide bonds. The zero-order valence-corrected chi connectivity index (χ0v) is 15.2. The summed E-state index contributed by atoms with van der Waals surface area (Å²) in [5.74, 6) is 0.523. The van der Waals surface area contributed by atoms with E-state index in [0.717, 1.165) is 49.7 Å². The predicted octanol–water partition coefficient (Wildman–Crippen LogP) is 2.86. The lowest BCUT2D eigenvalue weighted by Crippen LogP contribution is -2.38. The van der Waals surface area contributed by atoms with Gasteiger partial charge in [-0.3, -0.25) is 9.69 Å². The maximum absolute atomic E-state index is 12.0. The van der Waals surface area contributed by atoms with Gasteiger partial charge in [0.15, 0.2) is 0 Å². The molecule has 124 valence electrons. The van der Waals surface area contributed by atoms with Crippen LogP contribution >= 0.6 is 22.7 Å². The molecular formula is C16H22N4OS2. The zero-order chi connectivity index (χ0) is 16.2. The van der Waals surface area contributed by atoms with E-state index in [2.05, 4.69) is 27.1 Å². The summed E-state index contributed by atoms with van der Waals surface area (Å²) in [6, 6.07) is 0. The molecule has 2 aromatic rings. The first-order chi connectivity index (χ1) is 11.1. The topological polar surface area (TPSA) is 58.1 Å². The number of rotatable bonds is 5. The summed E-state index contributed by atoms with van der Waals surface area (Å²) in [5, 5.41) is 5.79. The van der Waals surface area contributed by atoms with Gasteiger partial charge < -0.3 is 5.32 Å². The van der Waals surface area contributed by atoms with E-state index in [4.69, 9.17) is 0 Å². The molecule has 5 nitrogen and oxygen atoms in total. The fourth-order valence-electron chi connectivity index (χ4n) is 2.83. The number of aryl methyl sites for hydroxylation is 2. The van der Waals surface area contributed by atoms with Gasteiger partial charge in [-0.05, 0) is 45.7 Å². The van der Waals surface area contributed by atoms with Gasteiger partial charge in [-0.1, -0.05) is 0 Å². The van der Waals surface area contributed by atoms with Crippen LogP contribution in [-0.4, -0.2) is 40.4 Å². The van der Waals surface area contributed by atoms with E-state index in [1.165, 1.54) is 16.2 Å². The summed E-state index contributed by atoms with van der Waals surface area (Å²) in [5.41, 5.74) is 3.63. The minimum atomic E-state index is -0.0444. The molecule has 0 aromatic carbocycles. The number of hydrogen-bond acceptors (Lipinski definition) is 6. The number of hydrogen-bond donors (Lipinski definition) is 1. The number of thiazole rings is 2. The first-order valence-electron chi connectivity index (χ1n) is 7.93. The van der Waals surface area contributed by atoms with Crippen molar-refractivity contribution >= 4 is 28.6 Å². The lowest BCUT2D eigenvalue weighted by molar-refractivity contribution is 0.0931. The third-order valence-electron chi connectivity index (χ3n) is 4.32. The number of nitrogens with one attached hydrogen (secondary N) is 1. The number of nitrogens with zero attached hydrogens (tertiary/aromatic N) is 3. The summed E-state index contributed by atoms with van der Waals surface area (Å²) in [6.07, 6.45) is 2.27. The van der Waals surface area contributed by atoms with Crippen molar-refractivity contribution in [2.75, 3.05) is 19.6 Å². The van der Waals surface area contributed by atoms with Crippen LogP contribution in [0.4, 0.5) is 0 Å². The summed E-state index contributed by atoms with van der Waals surface area (Å²) < 4.78 is 0. The number of piperidine rings is 1. The minimum absolute atomic E-state index is 0.0444. The van der Waals surface area contributed by atoms with Crippen molar-refractivity contribution in [3.63, 3.8) is 0 Å². The molecule has 23 heavy (non-hydrogen) atoms. The van der Waals surface area contributed by atoms with E-state index < -0.39 is 0 Å². The highest BCUT2D eigenvalue weighted by Crippen LogP contribution is 2.21. The molecule has 0 aliphatic carbocycles. The molecule has 0 atom stereocenters. The quantitative estimate of drug-likeness (QED) is 0.901. The second kappa shape index (κ2) is 7.51. The van der Waals surface area contributed by atoms with E-state index in [0.29, 0.717) is 11.6 Å². The Kier molecular flexibility index (Phi) is 5.40. The fourth-order valence-corrected chi connectivity index (χ4v) is 4.24. The molecule has 1 aliphatic rings. The Morgan fingerprint density at radius 3 is 2.74 bits per heavy atom. The highest BCUT2D eigenvalue weighted by molar-refractivity contribution is 7.10. The Bertz CT molecular complexity index is 659. The van der Waals surface area contributed by atoms with Crippen molar-refractivity contribution in [2.24, 2.45) is 5.92 Å². The van der Waals surface area contributed by atoms with Crippen LogP contribution in [0.15, 0.2) is 10.9 Å². The number of likely N-dealkylation sites (tertiary alicyclic amines) is 1. The predicted molar refractivity (Wildman–Crippen MR) is 94.0 cm³/mol. The Labute approximate surface area is 144 Å². The van der Waals surface area contributed by atoms with E-state index in [1.807, 2.05) is 17.8 Å². The average Bonchev–Trinajstić information content (AvgIpc) is 3.15. The maximum Gasteiger partial charge on any atom is 0.270 e. The molecule has 3 rings (SSSR count). The van der Waals surface area contributed by atoms with Crippen LogP contribution in [0.3, 0.4) is 0 Å². The van der Waals surface area contributed by atoms with Crippen molar-refractivity contribution in [1.29, 1.82) is 0 Å². The van der Waals surface area contributed by atoms with E-state index in [9.17, 15) is 4.79 Å². The Morgan fingerprint density at radius 1 is 1.35 bits per heavy atom. The fraction of sp³-hybridized carbons (Fsp3) is 0.562. The number of carbonyl (C=O) groups excluding carboxylic acids is 1. The zero-order valence-electron chi connectivity index (χ0n) is 13.5. The molecule has 1 N–H and O–H groups in total. The SMILES string of the molecule is Cc1nc(C(=O)NCC2CCN(Cc3scnc3C)CC2)cs1. The Hall–Kier alpha value is -1.31. The van der Waals surface area contributed by atoms with Crippen LogP contribution in [-0.2, 0) is 6.54 Å². The smallest absolute Gasteiger partial charge is 0.270 e. The first-order valence-corrected chi connectivity index (χ1v) is 9.69. The van der Waals surface area contributed by atoms with Gasteiger partial charge in [-0.25, -0.2) is 9.97 Å². The molecule has 1 saturated heterocycles. The van der Waals surface area contributed by atoms with Gasteiger partial charge in [0.2, 0.25) is 0 Å². The Morgan fingerprint density at radius 2 is 2.13 bits per heavy atom. The highest BCUT2D eigenvalue weighted by Gasteiger charge is 2.21. The van der Waals surface area contributed by atoms with Gasteiger partial charge in [0, 0.05) is 23.3 Å². The van der Waals surface area contributed by atoms with Gasteiger partial charge in [0.25, 0.3) is 5.91 Å². The molecule has 0 unspecified atom stereocenters. The van der Waals surface area contributed by atoms with Crippen molar-refractivity contribution in [1.82, 2.24) is 20.2 Å². The minimum Gasteiger partial charge on any atom is -0.350 e. The average molecular weight is 351 g/mol. The third kappa shape index (κ3) is 4.37. The monoisotopic (exact) mass is 350 g/mol. The van der Waals surface area contributed by atoms with Gasteiger partial charge in [-0.2, -0.15) is 0 Å². The van der Waals surface area contributed by atoms with E-state index >= 15 is 0 Å². The molecule has 0 bridgehead atoms. The molecule has 1 fully saturated rings. The summed E-state index contributed by atoms with van der Waals surface area (Å²) >= 11 is 3.26. The number of amides is 1. The van der Waals surface area contributed by atoms with E-state index in [1.54, 1.807) is 11.3 Å². The molecule has 0 saturated carbocycles. The lowest BCUT2D eigenvalue weighted by atomic mass is 9.96. The molecule has 0 radical (unpaired) electrons. The van der Waals surface area contributed by atoms with Crippen molar-refractivity contribution in [2.45, 2.75) is 33.2 Å². The van der Waals surface area contributed by atoms with Crippen LogP contribution < -0.4 is 5.32 Å². The molecule has 1 aliphatic heterocycles.